The Morgan fingerprint density at radius 1 is 1.15 bits per heavy atom. The Kier molecular flexibility index (Phi) is 4.02. The van der Waals surface area contributed by atoms with Gasteiger partial charge in [0, 0.05) is 37.5 Å². The van der Waals surface area contributed by atoms with Crippen molar-refractivity contribution in [1.82, 2.24) is 0 Å². The number of benzene rings is 2. The Labute approximate surface area is 118 Å². The highest BCUT2D eigenvalue weighted by Crippen LogP contribution is 2.14. The maximum Gasteiger partial charge on any atom is 0.217 e. The van der Waals surface area contributed by atoms with Gasteiger partial charge in [0.05, 0.1) is 11.6 Å². The molecule has 0 unspecified atom stereocenters. The van der Waals surface area contributed by atoms with Crippen LogP contribution in [0.5, 0.6) is 0 Å². The van der Waals surface area contributed by atoms with Crippen molar-refractivity contribution in [3.05, 3.63) is 64.9 Å². The summed E-state index contributed by atoms with van der Waals surface area (Å²) in [5, 5.41) is 20.9. The van der Waals surface area contributed by atoms with Crippen molar-refractivity contribution in [2.24, 2.45) is 0 Å². The SMILES string of the molecule is CN(C)c1ccc(/C=[N+](\[O-])c2cccc(C#N)c2)cc1. The van der Waals surface area contributed by atoms with E-state index in [4.69, 9.17) is 5.26 Å². The van der Waals surface area contributed by atoms with Crippen LogP contribution in [0.1, 0.15) is 11.1 Å². The number of hydrogen-bond donors (Lipinski definition) is 0. The monoisotopic (exact) mass is 265 g/mol. The van der Waals surface area contributed by atoms with Crippen molar-refractivity contribution in [2.45, 2.75) is 0 Å². The predicted octanol–water partition coefficient (Wildman–Crippen LogP) is 2.89. The molecular formula is C16H15N3O. The van der Waals surface area contributed by atoms with Gasteiger partial charge in [0.15, 0.2) is 6.21 Å². The summed E-state index contributed by atoms with van der Waals surface area (Å²) in [6, 6.07) is 16.3. The molecule has 2 aromatic carbocycles. The summed E-state index contributed by atoms with van der Waals surface area (Å²) in [5.74, 6) is 0. The minimum absolute atomic E-state index is 0.445. The molecule has 0 amide bonds. The van der Waals surface area contributed by atoms with Crippen molar-refractivity contribution < 1.29 is 4.74 Å². The first-order chi connectivity index (χ1) is 9.60. The molecule has 0 N–H and O–H groups in total. The van der Waals surface area contributed by atoms with Crippen molar-refractivity contribution in [1.29, 1.82) is 5.26 Å². The lowest BCUT2D eigenvalue weighted by molar-refractivity contribution is -0.354. The summed E-state index contributed by atoms with van der Waals surface area (Å²) >= 11 is 0. The fourth-order valence-corrected chi connectivity index (χ4v) is 1.78. The Bertz CT molecular complexity index is 667. The van der Waals surface area contributed by atoms with Gasteiger partial charge in [-0.15, -0.1) is 0 Å². The second kappa shape index (κ2) is 5.89. The molecule has 0 radical (unpaired) electrons. The Hall–Kier alpha value is -2.80. The van der Waals surface area contributed by atoms with Gasteiger partial charge in [-0.1, -0.05) is 6.07 Å². The molecule has 0 aliphatic heterocycles. The molecule has 4 nitrogen and oxygen atoms in total. The van der Waals surface area contributed by atoms with Crippen LogP contribution in [0.4, 0.5) is 11.4 Å². The first kappa shape index (κ1) is 13.6. The minimum atomic E-state index is 0.445. The van der Waals surface area contributed by atoms with Gasteiger partial charge in [-0.05, 0) is 30.3 Å². The highest BCUT2D eigenvalue weighted by molar-refractivity contribution is 5.77. The molecule has 2 aromatic rings. The van der Waals surface area contributed by atoms with E-state index in [1.54, 1.807) is 24.3 Å². The molecule has 0 aliphatic rings. The molecule has 0 aliphatic carbocycles. The molecule has 4 heteroatoms. The van der Waals surface area contributed by atoms with Gasteiger partial charge >= 0.3 is 0 Å². The fraction of sp³-hybridized carbons (Fsp3) is 0.125. The highest BCUT2D eigenvalue weighted by Gasteiger charge is 2.03. The maximum absolute atomic E-state index is 12.0. The van der Waals surface area contributed by atoms with E-state index in [1.165, 1.54) is 6.21 Å². The quantitative estimate of drug-likeness (QED) is 0.371. The van der Waals surface area contributed by atoms with Crippen molar-refractivity contribution in [2.75, 3.05) is 19.0 Å². The van der Waals surface area contributed by atoms with E-state index >= 15 is 0 Å². The van der Waals surface area contributed by atoms with E-state index in [0.717, 1.165) is 16.0 Å². The third kappa shape index (κ3) is 3.15. The lowest BCUT2D eigenvalue weighted by atomic mass is 10.2. The van der Waals surface area contributed by atoms with E-state index < -0.39 is 0 Å². The Morgan fingerprint density at radius 2 is 1.85 bits per heavy atom. The van der Waals surface area contributed by atoms with E-state index in [-0.39, 0.29) is 0 Å². The maximum atomic E-state index is 12.0. The Morgan fingerprint density at radius 3 is 2.45 bits per heavy atom. The smallest absolute Gasteiger partial charge is 0.217 e. The zero-order valence-electron chi connectivity index (χ0n) is 11.4. The average molecular weight is 265 g/mol. The van der Waals surface area contributed by atoms with Crippen LogP contribution in [-0.4, -0.2) is 25.0 Å². The number of rotatable bonds is 3. The first-order valence-electron chi connectivity index (χ1n) is 6.19. The second-order valence-electron chi connectivity index (χ2n) is 4.60. The van der Waals surface area contributed by atoms with Crippen LogP contribution in [-0.2, 0) is 0 Å². The summed E-state index contributed by atoms with van der Waals surface area (Å²) in [6.45, 7) is 0. The zero-order chi connectivity index (χ0) is 14.5. The molecule has 100 valence electrons. The van der Waals surface area contributed by atoms with E-state index in [0.29, 0.717) is 11.3 Å². The molecule has 0 atom stereocenters. The van der Waals surface area contributed by atoms with Crippen molar-refractivity contribution in [3.63, 3.8) is 0 Å². The van der Waals surface area contributed by atoms with Gasteiger partial charge in [-0.25, -0.2) is 0 Å². The number of hydrogen-bond acceptors (Lipinski definition) is 3. The molecule has 20 heavy (non-hydrogen) atoms. The minimum Gasteiger partial charge on any atom is -0.618 e. The van der Waals surface area contributed by atoms with Crippen molar-refractivity contribution >= 4 is 17.6 Å². The largest absolute Gasteiger partial charge is 0.618 e. The van der Waals surface area contributed by atoms with Crippen LogP contribution >= 0.6 is 0 Å². The standard InChI is InChI=1S/C16H15N3O/c1-18(2)15-8-6-13(7-9-15)12-19(20)16-5-3-4-14(10-16)11-17/h3-10,12H,1-2H3/b19-12-. The molecule has 0 bridgehead atoms. The molecule has 0 heterocycles. The summed E-state index contributed by atoms with van der Waals surface area (Å²) < 4.78 is 0.769. The predicted molar refractivity (Wildman–Crippen MR) is 80.4 cm³/mol. The van der Waals surface area contributed by atoms with Crippen LogP contribution in [0.25, 0.3) is 0 Å². The fourth-order valence-electron chi connectivity index (χ4n) is 1.78. The van der Waals surface area contributed by atoms with Gasteiger partial charge in [0.1, 0.15) is 0 Å². The van der Waals surface area contributed by atoms with Crippen LogP contribution in [0.3, 0.4) is 0 Å². The Balaban J connectivity index is 2.27. The van der Waals surface area contributed by atoms with E-state index in [2.05, 4.69) is 0 Å². The van der Waals surface area contributed by atoms with Gasteiger partial charge in [0.2, 0.25) is 5.69 Å². The number of nitriles is 1. The van der Waals surface area contributed by atoms with Gasteiger partial charge in [-0.3, -0.25) is 0 Å². The normalized spacial score (nSPS) is 10.9. The molecule has 0 fully saturated rings. The molecule has 0 spiro atoms. The molecular weight excluding hydrogens is 250 g/mol. The van der Waals surface area contributed by atoms with Gasteiger partial charge in [0.25, 0.3) is 0 Å². The third-order valence-electron chi connectivity index (χ3n) is 2.91. The molecule has 0 saturated heterocycles. The summed E-state index contributed by atoms with van der Waals surface area (Å²) in [5.41, 5.74) is 2.81. The van der Waals surface area contributed by atoms with Crippen LogP contribution in [0, 0.1) is 16.5 Å². The van der Waals surface area contributed by atoms with Gasteiger partial charge < -0.3 is 10.1 Å². The van der Waals surface area contributed by atoms with E-state index in [9.17, 15) is 5.21 Å². The first-order valence-corrected chi connectivity index (χ1v) is 6.19. The zero-order valence-corrected chi connectivity index (χ0v) is 11.4. The summed E-state index contributed by atoms with van der Waals surface area (Å²) in [7, 11) is 3.93. The molecule has 2 rings (SSSR count). The summed E-state index contributed by atoms with van der Waals surface area (Å²) in [6.07, 6.45) is 1.50. The van der Waals surface area contributed by atoms with Crippen molar-refractivity contribution in [3.8, 4) is 6.07 Å². The van der Waals surface area contributed by atoms with Crippen LogP contribution < -0.4 is 4.90 Å². The molecule has 0 saturated carbocycles. The average Bonchev–Trinajstić information content (AvgIpc) is 2.47. The highest BCUT2D eigenvalue weighted by atomic mass is 16.5. The second-order valence-corrected chi connectivity index (χ2v) is 4.60. The van der Waals surface area contributed by atoms with Crippen LogP contribution in [0.15, 0.2) is 48.5 Å². The third-order valence-corrected chi connectivity index (χ3v) is 2.91. The number of anilines is 1. The summed E-state index contributed by atoms with van der Waals surface area (Å²) in [4.78, 5) is 2.00. The number of nitrogens with zero attached hydrogens (tertiary/aromatic N) is 3. The van der Waals surface area contributed by atoms with Gasteiger partial charge in [-0.2, -0.15) is 10.0 Å². The van der Waals surface area contributed by atoms with Crippen LogP contribution in [0.2, 0.25) is 0 Å². The van der Waals surface area contributed by atoms with E-state index in [1.807, 2.05) is 49.3 Å². The lowest BCUT2D eigenvalue weighted by Crippen LogP contribution is -2.08. The molecule has 0 aromatic heterocycles. The topological polar surface area (TPSA) is 53.1 Å². The lowest BCUT2D eigenvalue weighted by Gasteiger charge is -2.11.